The molecule has 0 radical (unpaired) electrons. The van der Waals surface area contributed by atoms with Gasteiger partial charge in [-0.15, -0.1) is 11.3 Å². The Bertz CT molecular complexity index is 2140. The smallest absolute Gasteiger partial charge is 0.280 e. The molecular formula is C38H46ClN7O4S3. The minimum absolute atomic E-state index is 0.0125. The van der Waals surface area contributed by atoms with Crippen molar-refractivity contribution >= 4 is 72.9 Å². The van der Waals surface area contributed by atoms with Crippen LogP contribution in [0.3, 0.4) is 0 Å². The van der Waals surface area contributed by atoms with Gasteiger partial charge in [0, 0.05) is 78.5 Å². The molecule has 2 aromatic carbocycles. The summed E-state index contributed by atoms with van der Waals surface area (Å²) in [6.45, 7) is 6.42. The van der Waals surface area contributed by atoms with Crippen molar-refractivity contribution in [3.63, 3.8) is 0 Å². The number of rotatable bonds is 11. The fourth-order valence-electron chi connectivity index (χ4n) is 8.31. The first-order valence-electron chi connectivity index (χ1n) is 18.2. The van der Waals surface area contributed by atoms with Crippen molar-refractivity contribution in [2.45, 2.75) is 58.0 Å². The number of likely N-dealkylation sites (tertiary alicyclic amines) is 1. The average molecular weight is 796 g/mol. The molecule has 4 aromatic rings. The molecule has 3 fully saturated rings. The highest BCUT2D eigenvalue weighted by atomic mass is 35.5. The Morgan fingerprint density at radius 1 is 1.09 bits per heavy atom. The number of aromatic nitrogens is 2. The van der Waals surface area contributed by atoms with Gasteiger partial charge in [0.25, 0.3) is 5.91 Å². The number of aryl methyl sites for hydroxylation is 1. The van der Waals surface area contributed by atoms with Crippen molar-refractivity contribution in [1.29, 1.82) is 0 Å². The van der Waals surface area contributed by atoms with Crippen LogP contribution in [-0.2, 0) is 21.4 Å². The van der Waals surface area contributed by atoms with Crippen molar-refractivity contribution in [2.24, 2.45) is 17.1 Å². The summed E-state index contributed by atoms with van der Waals surface area (Å²) in [7, 11) is -3.27. The second kappa shape index (κ2) is 15.4. The lowest BCUT2D eigenvalue weighted by atomic mass is 9.57. The number of thiazole rings is 1. The Labute approximate surface area is 325 Å². The third kappa shape index (κ3) is 8.18. The number of hydrogen-bond donors (Lipinski definition) is 3. The molecular weight excluding hydrogens is 750 g/mol. The molecule has 3 aliphatic rings. The molecule has 7 rings (SSSR count). The number of nitrogens with one attached hydrogen (secondary N) is 2. The molecule has 15 heteroatoms. The third-order valence-electron chi connectivity index (χ3n) is 11.4. The summed E-state index contributed by atoms with van der Waals surface area (Å²) >= 11 is 13.9. The molecule has 2 aromatic heterocycles. The lowest BCUT2D eigenvalue weighted by Gasteiger charge is -2.51. The molecule has 53 heavy (non-hydrogen) atoms. The van der Waals surface area contributed by atoms with Gasteiger partial charge >= 0.3 is 0 Å². The number of fused-ring (bicyclic) bond motifs is 1. The molecule has 1 aliphatic carbocycles. The first-order chi connectivity index (χ1) is 25.3. The fourth-order valence-corrected chi connectivity index (χ4v) is 10.4. The average Bonchev–Trinajstić information content (AvgIpc) is 3.75. The van der Waals surface area contributed by atoms with E-state index in [1.165, 1.54) is 21.9 Å². The molecule has 4 N–H and O–H groups in total. The molecule has 11 nitrogen and oxygen atoms in total. The van der Waals surface area contributed by atoms with Crippen LogP contribution in [0.5, 0.6) is 0 Å². The number of carbonyl (C=O) groups excluding carboxylic acids is 2. The largest absolute Gasteiger partial charge is 0.389 e. The normalized spacial score (nSPS) is 18.6. The summed E-state index contributed by atoms with van der Waals surface area (Å²) in [6, 6.07) is 11.9. The second-order valence-corrected chi connectivity index (χ2v) is 18.6. The van der Waals surface area contributed by atoms with Gasteiger partial charge in [-0.05, 0) is 81.1 Å². The zero-order valence-corrected chi connectivity index (χ0v) is 33.3. The van der Waals surface area contributed by atoms with Gasteiger partial charge < -0.3 is 25.8 Å². The number of benzene rings is 2. The highest BCUT2D eigenvalue weighted by molar-refractivity contribution is 7.88. The first-order valence-corrected chi connectivity index (χ1v) is 21.7. The molecule has 4 heterocycles. The molecule has 2 saturated heterocycles. The second-order valence-electron chi connectivity index (χ2n) is 14.9. The van der Waals surface area contributed by atoms with E-state index in [0.29, 0.717) is 54.0 Å². The number of thiocarbonyl (C=S) groups is 1. The quantitative estimate of drug-likeness (QED) is 0.169. The summed E-state index contributed by atoms with van der Waals surface area (Å²) in [5.41, 5.74) is 11.5. The van der Waals surface area contributed by atoms with Gasteiger partial charge in [-0.25, -0.2) is 17.7 Å². The van der Waals surface area contributed by atoms with Gasteiger partial charge in [0.15, 0.2) is 5.01 Å². The number of nitrogens with two attached hydrogens (primary N) is 1. The van der Waals surface area contributed by atoms with Crippen molar-refractivity contribution in [3.05, 3.63) is 74.8 Å². The number of halogens is 1. The van der Waals surface area contributed by atoms with Gasteiger partial charge in [-0.1, -0.05) is 54.2 Å². The fraction of sp³-hybridized carbons (Fsp3) is 0.474. The zero-order valence-electron chi connectivity index (χ0n) is 30.1. The van der Waals surface area contributed by atoms with Gasteiger partial charge in [0.05, 0.1) is 16.8 Å². The van der Waals surface area contributed by atoms with E-state index in [-0.39, 0.29) is 29.2 Å². The van der Waals surface area contributed by atoms with Crippen LogP contribution in [0.25, 0.3) is 22.0 Å². The molecule has 1 saturated carbocycles. The topological polar surface area (TPSA) is 143 Å². The minimum atomic E-state index is -3.27. The predicted octanol–water partition coefficient (Wildman–Crippen LogP) is 5.50. The van der Waals surface area contributed by atoms with Crippen LogP contribution in [0.2, 0.25) is 5.02 Å². The molecule has 282 valence electrons. The number of carbonyl (C=O) groups is 2. The van der Waals surface area contributed by atoms with E-state index in [4.69, 9.17) is 29.6 Å². The number of amides is 2. The lowest BCUT2D eigenvalue weighted by Crippen LogP contribution is -2.51. The molecule has 0 unspecified atom stereocenters. The number of piperidine rings is 2. The van der Waals surface area contributed by atoms with E-state index in [1.807, 2.05) is 42.6 Å². The van der Waals surface area contributed by atoms with Gasteiger partial charge in [0.1, 0.15) is 4.99 Å². The molecule has 0 bridgehead atoms. The Morgan fingerprint density at radius 2 is 1.83 bits per heavy atom. The lowest BCUT2D eigenvalue weighted by molar-refractivity contribution is -0.135. The van der Waals surface area contributed by atoms with Gasteiger partial charge in [-0.3, -0.25) is 9.59 Å². The number of sulfonamides is 1. The van der Waals surface area contributed by atoms with Gasteiger partial charge in [-0.2, -0.15) is 0 Å². The van der Waals surface area contributed by atoms with E-state index >= 15 is 0 Å². The summed E-state index contributed by atoms with van der Waals surface area (Å²) < 4.78 is 28.2. The molecule has 2 aliphatic heterocycles. The Hall–Kier alpha value is -3.40. The van der Waals surface area contributed by atoms with Crippen LogP contribution in [0, 0.1) is 18.3 Å². The van der Waals surface area contributed by atoms with Crippen molar-refractivity contribution in [1.82, 2.24) is 29.4 Å². The van der Waals surface area contributed by atoms with E-state index in [2.05, 4.69) is 37.3 Å². The molecule has 1 spiro atoms. The number of nitrogens with zero attached hydrogens (tertiary/aromatic N) is 4. The summed E-state index contributed by atoms with van der Waals surface area (Å²) in [6.07, 6.45) is 8.58. The predicted molar refractivity (Wildman–Crippen MR) is 215 cm³/mol. The van der Waals surface area contributed by atoms with Crippen LogP contribution in [0.15, 0.2) is 48.0 Å². The highest BCUT2D eigenvalue weighted by Crippen LogP contribution is 2.52. The summed E-state index contributed by atoms with van der Waals surface area (Å²) in [4.78, 5) is 32.7. The van der Waals surface area contributed by atoms with Crippen molar-refractivity contribution in [3.8, 4) is 11.1 Å². The standard InChI is InChI=1S/C38H46ClN7O4S3/c1-24-23-52-37(43-24)36(48)41-12-17-44-15-10-38(11-16-44)19-28(20-38)35(47)42-21-27-6-7-30-31(25-4-3-5-26(18-25)34(40)51)22-46(33(30)32(27)39)29-8-13-45(14-9-29)53(2,49)50/h3-7,18,22-23,28-29H,8-17,19-21H2,1-2H3,(H2,40,51)(H,41,48)(H,42,47). The monoisotopic (exact) mass is 795 g/mol. The van der Waals surface area contributed by atoms with E-state index in [1.54, 1.807) is 0 Å². The minimum Gasteiger partial charge on any atom is -0.389 e. The van der Waals surface area contributed by atoms with E-state index < -0.39 is 10.0 Å². The highest BCUT2D eigenvalue weighted by Gasteiger charge is 2.48. The summed E-state index contributed by atoms with van der Waals surface area (Å²) in [5, 5.41) is 10.1. The van der Waals surface area contributed by atoms with Crippen LogP contribution in [-0.4, -0.2) is 89.5 Å². The van der Waals surface area contributed by atoms with Gasteiger partial charge in [0.2, 0.25) is 15.9 Å². The SMILES string of the molecule is Cc1csc(C(=O)NCCN2CCC3(CC2)CC(C(=O)NCc2ccc4c(-c5cccc(C(N)=S)c5)cn(C5CCN(S(C)(=O)=O)CC5)c4c2Cl)C3)n1. The van der Waals surface area contributed by atoms with Crippen LogP contribution in [0.4, 0.5) is 0 Å². The summed E-state index contributed by atoms with van der Waals surface area (Å²) in [5.74, 6) is -0.0645. The molecule has 0 atom stereocenters. The van der Waals surface area contributed by atoms with Crippen molar-refractivity contribution < 1.29 is 18.0 Å². The first kappa shape index (κ1) is 37.9. The maximum Gasteiger partial charge on any atom is 0.280 e. The van der Waals surface area contributed by atoms with Crippen LogP contribution < -0.4 is 16.4 Å². The number of hydrogen-bond acceptors (Lipinski definition) is 8. The Balaban J connectivity index is 0.984. The molecule has 2 amide bonds. The zero-order chi connectivity index (χ0) is 37.5. The van der Waals surface area contributed by atoms with Crippen LogP contribution in [0.1, 0.15) is 71.2 Å². The third-order valence-corrected chi connectivity index (χ3v) is 14.3. The van der Waals surface area contributed by atoms with E-state index in [9.17, 15) is 18.0 Å². The van der Waals surface area contributed by atoms with Crippen molar-refractivity contribution in [2.75, 3.05) is 45.5 Å². The maximum absolute atomic E-state index is 13.4. The Morgan fingerprint density at radius 3 is 2.49 bits per heavy atom. The van der Waals surface area contributed by atoms with E-state index in [0.717, 1.165) is 84.2 Å². The maximum atomic E-state index is 13.4. The van der Waals surface area contributed by atoms with Crippen LogP contribution >= 0.6 is 35.2 Å². The Kier molecular flexibility index (Phi) is 11.0.